The quantitative estimate of drug-likeness (QED) is 0.258. The van der Waals surface area contributed by atoms with Crippen molar-refractivity contribution in [2.45, 2.75) is 116 Å². The molecule has 2 atom stereocenters. The number of ether oxygens (including phenoxy) is 2. The Morgan fingerprint density at radius 1 is 1.07 bits per heavy atom. The van der Waals surface area contributed by atoms with Crippen LogP contribution in [0.25, 0.3) is 0 Å². The number of rotatable bonds is 17. The molecule has 158 valence electrons. The summed E-state index contributed by atoms with van der Waals surface area (Å²) in [6, 6.07) is 0. The molecule has 0 saturated carbocycles. The summed E-state index contributed by atoms with van der Waals surface area (Å²) in [5, 5.41) is 9.77. The van der Waals surface area contributed by atoms with E-state index in [1.807, 2.05) is 0 Å². The fraction of sp³-hybridized carbons (Fsp3) is 0.870. The first kappa shape index (κ1) is 24.3. The average Bonchev–Trinajstić information content (AvgIpc) is 2.69. The van der Waals surface area contributed by atoms with E-state index in [2.05, 4.69) is 6.92 Å². The highest BCUT2D eigenvalue weighted by atomic mass is 16.7. The summed E-state index contributed by atoms with van der Waals surface area (Å²) < 4.78 is 11.3. The van der Waals surface area contributed by atoms with E-state index in [0.29, 0.717) is 6.42 Å². The van der Waals surface area contributed by atoms with Gasteiger partial charge in [-0.15, -0.1) is 0 Å². The van der Waals surface area contributed by atoms with Crippen LogP contribution >= 0.6 is 0 Å². The zero-order chi connectivity index (χ0) is 19.6. The molecule has 0 radical (unpaired) electrons. The van der Waals surface area contributed by atoms with Crippen LogP contribution in [0.3, 0.4) is 0 Å². The third-order valence-corrected chi connectivity index (χ3v) is 5.12. The maximum atomic E-state index is 11.8. The van der Waals surface area contributed by atoms with Gasteiger partial charge in [0.25, 0.3) is 0 Å². The maximum absolute atomic E-state index is 11.8. The van der Waals surface area contributed by atoms with Crippen LogP contribution in [0.4, 0.5) is 0 Å². The van der Waals surface area contributed by atoms with Crippen molar-refractivity contribution in [3.63, 3.8) is 0 Å². The van der Waals surface area contributed by atoms with Crippen LogP contribution in [0, 0.1) is 0 Å². The normalized spacial score (nSPS) is 18.8. The molecule has 0 aromatic carbocycles. The van der Waals surface area contributed by atoms with E-state index >= 15 is 0 Å². The van der Waals surface area contributed by atoms with Gasteiger partial charge in [-0.1, -0.05) is 64.4 Å². The van der Waals surface area contributed by atoms with Crippen molar-refractivity contribution in [2.24, 2.45) is 0 Å². The van der Waals surface area contributed by atoms with E-state index in [4.69, 9.17) is 9.47 Å². The van der Waals surface area contributed by atoms with E-state index < -0.39 is 6.10 Å². The molecular weight excluding hydrogens is 340 g/mol. The van der Waals surface area contributed by atoms with Crippen LogP contribution < -0.4 is 0 Å². The molecule has 1 rings (SSSR count). The molecule has 1 N–H and O–H groups in total. The fourth-order valence-electron chi connectivity index (χ4n) is 3.34. The topological polar surface area (TPSA) is 55.8 Å². The SMILES string of the molecule is CCCCC[C@H](O)/C=C/C(=O)CCCCCCCCCOC1CCCCO1. The summed E-state index contributed by atoms with van der Waals surface area (Å²) in [5.41, 5.74) is 0. The van der Waals surface area contributed by atoms with E-state index in [-0.39, 0.29) is 12.1 Å². The van der Waals surface area contributed by atoms with E-state index in [9.17, 15) is 9.90 Å². The molecular formula is C23H42O4. The number of hydrogen-bond donors (Lipinski definition) is 1. The molecule has 1 fully saturated rings. The molecule has 0 aromatic rings. The third-order valence-electron chi connectivity index (χ3n) is 5.12. The lowest BCUT2D eigenvalue weighted by molar-refractivity contribution is -0.162. The summed E-state index contributed by atoms with van der Waals surface area (Å²) in [6.07, 6.45) is 19.0. The molecule has 1 unspecified atom stereocenters. The Labute approximate surface area is 166 Å². The van der Waals surface area contributed by atoms with Crippen molar-refractivity contribution < 1.29 is 19.4 Å². The molecule has 0 aliphatic carbocycles. The zero-order valence-corrected chi connectivity index (χ0v) is 17.5. The summed E-state index contributed by atoms with van der Waals surface area (Å²) in [7, 11) is 0. The first-order chi connectivity index (χ1) is 13.2. The Balaban J connectivity index is 1.84. The van der Waals surface area contributed by atoms with Crippen molar-refractivity contribution in [1.29, 1.82) is 0 Å². The van der Waals surface area contributed by atoms with E-state index in [1.165, 1.54) is 38.5 Å². The molecule has 0 aromatic heterocycles. The third kappa shape index (κ3) is 15.0. The minimum Gasteiger partial charge on any atom is -0.389 e. The largest absolute Gasteiger partial charge is 0.389 e. The smallest absolute Gasteiger partial charge is 0.157 e. The summed E-state index contributed by atoms with van der Waals surface area (Å²) in [6.45, 7) is 3.81. The summed E-state index contributed by atoms with van der Waals surface area (Å²) in [4.78, 5) is 11.8. The minimum atomic E-state index is -0.464. The van der Waals surface area contributed by atoms with Crippen molar-refractivity contribution in [2.75, 3.05) is 13.2 Å². The molecule has 4 nitrogen and oxygen atoms in total. The Bertz CT molecular complexity index is 375. The highest BCUT2D eigenvalue weighted by molar-refractivity contribution is 5.89. The number of aliphatic hydroxyl groups excluding tert-OH is 1. The molecule has 1 aliphatic rings. The predicted octanol–water partition coefficient (Wildman–Crippen LogP) is 5.72. The van der Waals surface area contributed by atoms with Crippen LogP contribution in [0.1, 0.15) is 103 Å². The van der Waals surface area contributed by atoms with Gasteiger partial charge in [-0.05, 0) is 44.6 Å². The van der Waals surface area contributed by atoms with Crippen LogP contribution in [-0.4, -0.2) is 36.5 Å². The van der Waals surface area contributed by atoms with Gasteiger partial charge in [-0.25, -0.2) is 0 Å². The maximum Gasteiger partial charge on any atom is 0.157 e. The predicted molar refractivity (Wildman–Crippen MR) is 111 cm³/mol. The lowest BCUT2D eigenvalue weighted by Crippen LogP contribution is -2.22. The van der Waals surface area contributed by atoms with E-state index in [1.54, 1.807) is 12.2 Å². The van der Waals surface area contributed by atoms with Gasteiger partial charge in [-0.2, -0.15) is 0 Å². The molecule has 4 heteroatoms. The Hall–Kier alpha value is -0.710. The number of ketones is 1. The van der Waals surface area contributed by atoms with E-state index in [0.717, 1.165) is 64.6 Å². The molecule has 1 saturated heterocycles. The molecule has 1 heterocycles. The number of unbranched alkanes of at least 4 members (excludes halogenated alkanes) is 8. The fourth-order valence-corrected chi connectivity index (χ4v) is 3.34. The Kier molecular flexibility index (Phi) is 15.7. The monoisotopic (exact) mass is 382 g/mol. The second-order valence-corrected chi connectivity index (χ2v) is 7.78. The standard InChI is InChI=1S/C23H42O4/c1-2-3-9-14-21(24)17-18-22(25)15-10-7-5-4-6-8-12-19-26-23-16-11-13-20-27-23/h17-18,21,23-24H,2-16,19-20H2,1H3/b18-17+/t21-,23?/m0/s1. The van der Waals surface area contributed by atoms with Gasteiger partial charge in [0.2, 0.25) is 0 Å². The van der Waals surface area contributed by atoms with Crippen LogP contribution in [0.5, 0.6) is 0 Å². The molecule has 0 amide bonds. The van der Waals surface area contributed by atoms with Gasteiger partial charge in [-0.3, -0.25) is 4.79 Å². The first-order valence-electron chi connectivity index (χ1n) is 11.3. The van der Waals surface area contributed by atoms with Gasteiger partial charge >= 0.3 is 0 Å². The molecule has 27 heavy (non-hydrogen) atoms. The summed E-state index contributed by atoms with van der Waals surface area (Å²) >= 11 is 0. The number of carbonyl (C=O) groups is 1. The van der Waals surface area contributed by atoms with Crippen LogP contribution in [0.2, 0.25) is 0 Å². The van der Waals surface area contributed by atoms with Gasteiger partial charge in [0.05, 0.1) is 6.10 Å². The number of hydrogen-bond acceptors (Lipinski definition) is 4. The molecule has 0 bridgehead atoms. The van der Waals surface area contributed by atoms with Gasteiger partial charge < -0.3 is 14.6 Å². The number of carbonyl (C=O) groups excluding carboxylic acids is 1. The number of allylic oxidation sites excluding steroid dienone is 1. The minimum absolute atomic E-state index is 0.0442. The molecule has 1 aliphatic heterocycles. The summed E-state index contributed by atoms with van der Waals surface area (Å²) in [5.74, 6) is 0.145. The van der Waals surface area contributed by atoms with Gasteiger partial charge in [0, 0.05) is 19.6 Å². The van der Waals surface area contributed by atoms with Crippen molar-refractivity contribution in [3.8, 4) is 0 Å². The lowest BCUT2D eigenvalue weighted by Gasteiger charge is -2.22. The van der Waals surface area contributed by atoms with Crippen LogP contribution in [0.15, 0.2) is 12.2 Å². The lowest BCUT2D eigenvalue weighted by atomic mass is 10.1. The van der Waals surface area contributed by atoms with Crippen molar-refractivity contribution in [1.82, 2.24) is 0 Å². The molecule has 0 spiro atoms. The Morgan fingerprint density at radius 2 is 1.81 bits per heavy atom. The second-order valence-electron chi connectivity index (χ2n) is 7.78. The van der Waals surface area contributed by atoms with Crippen molar-refractivity contribution in [3.05, 3.63) is 12.2 Å². The van der Waals surface area contributed by atoms with Gasteiger partial charge in [0.15, 0.2) is 12.1 Å². The van der Waals surface area contributed by atoms with Crippen molar-refractivity contribution >= 4 is 5.78 Å². The highest BCUT2D eigenvalue weighted by Crippen LogP contribution is 2.15. The zero-order valence-electron chi connectivity index (χ0n) is 17.5. The second kappa shape index (κ2) is 17.4. The van der Waals surface area contributed by atoms with Gasteiger partial charge in [0.1, 0.15) is 0 Å². The number of aliphatic hydroxyl groups is 1. The average molecular weight is 383 g/mol. The highest BCUT2D eigenvalue weighted by Gasteiger charge is 2.13. The van der Waals surface area contributed by atoms with Crippen LogP contribution in [-0.2, 0) is 14.3 Å². The first-order valence-corrected chi connectivity index (χ1v) is 11.3. The Morgan fingerprint density at radius 3 is 2.52 bits per heavy atom.